The third-order valence-electron chi connectivity index (χ3n) is 7.69. The second-order valence-electron chi connectivity index (χ2n) is 10.9. The summed E-state index contributed by atoms with van der Waals surface area (Å²) in [6.07, 6.45) is 0.146. The van der Waals surface area contributed by atoms with Crippen LogP contribution in [0.2, 0.25) is 0 Å². The first-order valence-corrected chi connectivity index (χ1v) is 16.2. The Morgan fingerprint density at radius 2 is 1.50 bits per heavy atom. The highest BCUT2D eigenvalue weighted by Gasteiger charge is 2.36. The lowest BCUT2D eigenvalue weighted by molar-refractivity contribution is -0.128. The van der Waals surface area contributed by atoms with Crippen LogP contribution in [0.15, 0.2) is 108 Å². The summed E-state index contributed by atoms with van der Waals surface area (Å²) in [5, 5.41) is 2.92. The zero-order valence-electron chi connectivity index (χ0n) is 25.0. The van der Waals surface area contributed by atoms with Gasteiger partial charge in [0.15, 0.2) is 6.10 Å². The van der Waals surface area contributed by atoms with Gasteiger partial charge in [-0.3, -0.25) is 9.59 Å². The van der Waals surface area contributed by atoms with Gasteiger partial charge in [-0.05, 0) is 67.1 Å². The molecule has 1 N–H and O–H groups in total. The first kappa shape index (κ1) is 31.0. The highest BCUT2D eigenvalue weighted by atomic mass is 32.2. The second-order valence-corrected chi connectivity index (χ2v) is 12.9. The molecule has 0 saturated carbocycles. The summed E-state index contributed by atoms with van der Waals surface area (Å²) in [6.45, 7) is 3.69. The number of benzene rings is 4. The lowest BCUT2D eigenvalue weighted by Gasteiger charge is -2.35. The Hall–Kier alpha value is -4.47. The molecule has 0 aromatic heterocycles. The van der Waals surface area contributed by atoms with Crippen molar-refractivity contribution in [2.24, 2.45) is 0 Å². The van der Waals surface area contributed by atoms with E-state index in [2.05, 4.69) is 5.32 Å². The van der Waals surface area contributed by atoms with E-state index < -0.39 is 22.0 Å². The SMILES string of the molecule is Cc1ccc(C)c(S(=O)(=O)N(CCc2ccccc2)CC(=O)N2CC(C(=O)NCCc3ccccc3)Oc3ccccc32)c1. The molecule has 4 aromatic carbocycles. The van der Waals surface area contributed by atoms with Crippen molar-refractivity contribution in [1.29, 1.82) is 0 Å². The van der Waals surface area contributed by atoms with Crippen molar-refractivity contribution in [2.45, 2.75) is 37.7 Å². The molecular weight excluding hydrogens is 574 g/mol. The molecule has 1 aliphatic rings. The monoisotopic (exact) mass is 611 g/mol. The summed E-state index contributed by atoms with van der Waals surface area (Å²) in [4.78, 5) is 28.8. The molecule has 0 aliphatic carbocycles. The van der Waals surface area contributed by atoms with E-state index in [0.29, 0.717) is 36.4 Å². The smallest absolute Gasteiger partial charge is 0.262 e. The number of nitrogens with zero attached hydrogens (tertiary/aromatic N) is 2. The van der Waals surface area contributed by atoms with E-state index >= 15 is 0 Å². The van der Waals surface area contributed by atoms with Gasteiger partial charge in [-0.2, -0.15) is 4.31 Å². The molecule has 5 rings (SSSR count). The third kappa shape index (κ3) is 7.35. The molecule has 0 fully saturated rings. The van der Waals surface area contributed by atoms with Crippen LogP contribution in [-0.2, 0) is 32.5 Å². The second kappa shape index (κ2) is 13.9. The molecule has 4 aromatic rings. The average molecular weight is 612 g/mol. The van der Waals surface area contributed by atoms with Crippen LogP contribution in [0.3, 0.4) is 0 Å². The van der Waals surface area contributed by atoms with Gasteiger partial charge in [0.05, 0.1) is 23.7 Å². The molecule has 8 nitrogen and oxygen atoms in total. The molecule has 2 amide bonds. The number of hydrogen-bond acceptors (Lipinski definition) is 5. The van der Waals surface area contributed by atoms with Crippen LogP contribution >= 0.6 is 0 Å². The number of anilines is 1. The summed E-state index contributed by atoms with van der Waals surface area (Å²) >= 11 is 0. The van der Waals surface area contributed by atoms with Crippen molar-refractivity contribution in [3.05, 3.63) is 125 Å². The minimum atomic E-state index is -4.03. The molecule has 0 radical (unpaired) electrons. The van der Waals surface area contributed by atoms with Gasteiger partial charge in [-0.1, -0.05) is 84.9 Å². The number of para-hydroxylation sites is 2. The standard InChI is InChI=1S/C35H37N3O5S/c1-26-17-18-27(2)33(23-26)44(41,42)37(22-20-29-13-7-4-8-14-29)25-34(39)38-24-32(43-31-16-10-9-15-30(31)38)35(40)36-21-19-28-11-5-3-6-12-28/h3-18,23,32H,19-22,24-25H2,1-2H3,(H,36,40). The van der Waals surface area contributed by atoms with Crippen LogP contribution in [0.25, 0.3) is 0 Å². The fourth-order valence-electron chi connectivity index (χ4n) is 5.24. The number of rotatable bonds is 11. The van der Waals surface area contributed by atoms with E-state index in [1.807, 2.05) is 73.7 Å². The first-order chi connectivity index (χ1) is 21.2. The van der Waals surface area contributed by atoms with Gasteiger partial charge in [0.25, 0.3) is 5.91 Å². The third-order valence-corrected chi connectivity index (χ3v) is 9.68. The molecule has 1 unspecified atom stereocenters. The van der Waals surface area contributed by atoms with Crippen LogP contribution in [0.5, 0.6) is 5.75 Å². The fraction of sp³-hybridized carbons (Fsp3) is 0.257. The van der Waals surface area contributed by atoms with Crippen LogP contribution in [0.1, 0.15) is 22.3 Å². The first-order valence-electron chi connectivity index (χ1n) is 14.7. The lowest BCUT2D eigenvalue weighted by Crippen LogP contribution is -2.53. The number of hydrogen-bond donors (Lipinski definition) is 1. The van der Waals surface area contributed by atoms with Crippen LogP contribution in [0, 0.1) is 13.8 Å². The maximum absolute atomic E-state index is 14.1. The predicted molar refractivity (Wildman–Crippen MR) is 171 cm³/mol. The molecule has 44 heavy (non-hydrogen) atoms. The Bertz CT molecular complexity index is 1710. The molecule has 1 heterocycles. The van der Waals surface area contributed by atoms with Gasteiger partial charge < -0.3 is 15.0 Å². The van der Waals surface area contributed by atoms with Gasteiger partial charge in [0.2, 0.25) is 15.9 Å². The fourth-order valence-corrected chi connectivity index (χ4v) is 6.94. The summed E-state index contributed by atoms with van der Waals surface area (Å²) in [7, 11) is -4.03. The largest absolute Gasteiger partial charge is 0.477 e. The van der Waals surface area contributed by atoms with Gasteiger partial charge >= 0.3 is 0 Å². The Kier molecular flexibility index (Phi) is 9.77. The van der Waals surface area contributed by atoms with Crippen molar-refractivity contribution in [2.75, 3.05) is 31.1 Å². The van der Waals surface area contributed by atoms with Crippen molar-refractivity contribution in [3.63, 3.8) is 0 Å². The Morgan fingerprint density at radius 3 is 2.20 bits per heavy atom. The van der Waals surface area contributed by atoms with Crippen molar-refractivity contribution >= 4 is 27.5 Å². The van der Waals surface area contributed by atoms with Crippen molar-refractivity contribution in [1.82, 2.24) is 9.62 Å². The number of aryl methyl sites for hydroxylation is 2. The predicted octanol–water partition coefficient (Wildman–Crippen LogP) is 4.69. The van der Waals surface area contributed by atoms with Gasteiger partial charge in [-0.15, -0.1) is 0 Å². The molecule has 228 valence electrons. The number of nitrogens with one attached hydrogen (secondary N) is 1. The summed E-state index contributed by atoms with van der Waals surface area (Å²) in [6, 6.07) is 31.7. The minimum absolute atomic E-state index is 0.0386. The number of amides is 2. The average Bonchev–Trinajstić information content (AvgIpc) is 3.04. The Morgan fingerprint density at radius 1 is 0.864 bits per heavy atom. The van der Waals surface area contributed by atoms with Gasteiger partial charge in [0.1, 0.15) is 5.75 Å². The highest BCUT2D eigenvalue weighted by molar-refractivity contribution is 7.89. The van der Waals surface area contributed by atoms with Crippen molar-refractivity contribution < 1.29 is 22.7 Å². The molecule has 9 heteroatoms. The molecule has 1 atom stereocenters. The molecule has 0 spiro atoms. The zero-order valence-corrected chi connectivity index (χ0v) is 25.8. The highest BCUT2D eigenvalue weighted by Crippen LogP contribution is 2.33. The van der Waals surface area contributed by atoms with Crippen LogP contribution in [0.4, 0.5) is 5.69 Å². The van der Waals surface area contributed by atoms with Crippen LogP contribution < -0.4 is 15.0 Å². The van der Waals surface area contributed by atoms with E-state index in [4.69, 9.17) is 4.74 Å². The summed E-state index contributed by atoms with van der Waals surface area (Å²) in [5.41, 5.74) is 3.98. The summed E-state index contributed by atoms with van der Waals surface area (Å²) < 4.78 is 35.4. The van der Waals surface area contributed by atoms with E-state index in [1.54, 1.807) is 43.3 Å². The van der Waals surface area contributed by atoms with E-state index in [0.717, 1.165) is 16.7 Å². The Balaban J connectivity index is 1.37. The molecule has 0 bridgehead atoms. The van der Waals surface area contributed by atoms with E-state index in [-0.39, 0.29) is 30.4 Å². The number of fused-ring (bicyclic) bond motifs is 1. The van der Waals surface area contributed by atoms with E-state index in [9.17, 15) is 18.0 Å². The number of ether oxygens (including phenoxy) is 1. The quantitative estimate of drug-likeness (QED) is 0.266. The normalized spacial score (nSPS) is 14.5. The zero-order chi connectivity index (χ0) is 31.1. The molecular formula is C35H37N3O5S. The topological polar surface area (TPSA) is 96.0 Å². The molecule has 1 aliphatic heterocycles. The van der Waals surface area contributed by atoms with Gasteiger partial charge in [-0.25, -0.2) is 8.42 Å². The maximum atomic E-state index is 14.1. The van der Waals surface area contributed by atoms with Gasteiger partial charge in [0, 0.05) is 13.1 Å². The maximum Gasteiger partial charge on any atom is 0.262 e. The lowest BCUT2D eigenvalue weighted by atomic mass is 10.1. The minimum Gasteiger partial charge on any atom is -0.477 e. The van der Waals surface area contributed by atoms with E-state index in [1.165, 1.54) is 9.21 Å². The molecule has 0 saturated heterocycles. The number of carbonyl (C=O) groups excluding carboxylic acids is 2. The van der Waals surface area contributed by atoms with Crippen molar-refractivity contribution in [3.8, 4) is 5.75 Å². The van der Waals surface area contributed by atoms with Crippen LogP contribution in [-0.4, -0.2) is 56.8 Å². The number of carbonyl (C=O) groups is 2. The Labute approximate surface area is 259 Å². The summed E-state index contributed by atoms with van der Waals surface area (Å²) in [5.74, 6) is -0.384. The number of sulfonamides is 1.